The van der Waals surface area contributed by atoms with Crippen LogP contribution < -0.4 is 10.6 Å². The number of aromatic carboxylic acids is 1. The van der Waals surface area contributed by atoms with E-state index in [0.29, 0.717) is 18.9 Å². The van der Waals surface area contributed by atoms with E-state index in [9.17, 15) is 4.79 Å². The van der Waals surface area contributed by atoms with Crippen LogP contribution >= 0.6 is 0 Å². The third kappa shape index (κ3) is 3.32. The molecule has 0 unspecified atom stereocenters. The lowest BCUT2D eigenvalue weighted by atomic mass is 10.2. The van der Waals surface area contributed by atoms with Gasteiger partial charge in [-0.15, -0.1) is 0 Å². The second-order valence-electron chi connectivity index (χ2n) is 3.65. The summed E-state index contributed by atoms with van der Waals surface area (Å²) in [5, 5.41) is 17.9. The van der Waals surface area contributed by atoms with Gasteiger partial charge in [0.25, 0.3) is 0 Å². The molecule has 0 fully saturated rings. The zero-order chi connectivity index (χ0) is 12.8. The highest BCUT2D eigenvalue weighted by Gasteiger charge is 2.13. The molecular formula is C11H17N3O3. The van der Waals surface area contributed by atoms with Gasteiger partial charge in [0.15, 0.2) is 0 Å². The summed E-state index contributed by atoms with van der Waals surface area (Å²) >= 11 is 0. The Bertz CT molecular complexity index is 390. The lowest BCUT2D eigenvalue weighted by Crippen LogP contribution is -2.28. The normalized spacial score (nSPS) is 10.2. The Kier molecular flexibility index (Phi) is 4.71. The molecule has 0 bridgehead atoms. The number of nitrogen functional groups attached to an aromatic ring is 1. The van der Waals surface area contributed by atoms with Gasteiger partial charge in [-0.05, 0) is 12.5 Å². The maximum atomic E-state index is 10.9. The molecule has 0 aromatic carbocycles. The predicted molar refractivity (Wildman–Crippen MR) is 65.2 cm³/mol. The van der Waals surface area contributed by atoms with Gasteiger partial charge in [0, 0.05) is 13.1 Å². The van der Waals surface area contributed by atoms with Crippen LogP contribution in [0.15, 0.2) is 12.3 Å². The maximum absolute atomic E-state index is 10.9. The second-order valence-corrected chi connectivity index (χ2v) is 3.65. The molecule has 0 saturated heterocycles. The first-order valence-electron chi connectivity index (χ1n) is 5.44. The van der Waals surface area contributed by atoms with E-state index in [1.54, 1.807) is 0 Å². The van der Waals surface area contributed by atoms with Crippen LogP contribution in [-0.2, 0) is 0 Å². The van der Waals surface area contributed by atoms with E-state index in [1.165, 1.54) is 12.3 Å². The highest BCUT2D eigenvalue weighted by molar-refractivity contribution is 5.94. The minimum Gasteiger partial charge on any atom is -0.478 e. The standard InChI is InChI=1S/C11H17N3O3/c1-2-3-14(4-5-15)10-6-8(11(16)17)9(12)7-13-10/h6-7,15H,2-5,12H2,1H3,(H,16,17). The third-order valence-corrected chi connectivity index (χ3v) is 2.34. The molecule has 0 atom stereocenters. The molecule has 4 N–H and O–H groups in total. The summed E-state index contributed by atoms with van der Waals surface area (Å²) in [7, 11) is 0. The number of anilines is 2. The Morgan fingerprint density at radius 1 is 1.53 bits per heavy atom. The Morgan fingerprint density at radius 3 is 2.76 bits per heavy atom. The minimum absolute atomic E-state index is 0.00549. The van der Waals surface area contributed by atoms with Gasteiger partial charge in [-0.1, -0.05) is 6.92 Å². The van der Waals surface area contributed by atoms with Crippen LogP contribution in [0.25, 0.3) is 0 Å². The number of aromatic nitrogens is 1. The highest BCUT2D eigenvalue weighted by atomic mass is 16.4. The van der Waals surface area contributed by atoms with Crippen LogP contribution in [0.4, 0.5) is 11.5 Å². The molecule has 6 nitrogen and oxygen atoms in total. The van der Waals surface area contributed by atoms with Gasteiger partial charge in [-0.2, -0.15) is 0 Å². The van der Waals surface area contributed by atoms with E-state index in [0.717, 1.165) is 6.42 Å². The van der Waals surface area contributed by atoms with E-state index < -0.39 is 5.97 Å². The Labute approximate surface area is 99.7 Å². The van der Waals surface area contributed by atoms with Crippen molar-refractivity contribution in [2.75, 3.05) is 30.3 Å². The quantitative estimate of drug-likeness (QED) is 0.671. The summed E-state index contributed by atoms with van der Waals surface area (Å²) in [5.41, 5.74) is 5.70. The topological polar surface area (TPSA) is 99.7 Å². The van der Waals surface area contributed by atoms with Crippen molar-refractivity contribution in [2.45, 2.75) is 13.3 Å². The number of rotatable bonds is 6. The number of pyridine rings is 1. The number of hydrogen-bond donors (Lipinski definition) is 3. The number of carbonyl (C=O) groups is 1. The monoisotopic (exact) mass is 239 g/mol. The molecule has 1 aromatic rings. The predicted octanol–water partition coefficient (Wildman–Crippen LogP) is 0.571. The first-order valence-corrected chi connectivity index (χ1v) is 5.44. The summed E-state index contributed by atoms with van der Waals surface area (Å²) < 4.78 is 0. The second kappa shape index (κ2) is 6.05. The maximum Gasteiger partial charge on any atom is 0.337 e. The van der Waals surface area contributed by atoms with Crippen molar-refractivity contribution < 1.29 is 15.0 Å². The fourth-order valence-electron chi connectivity index (χ4n) is 1.54. The summed E-state index contributed by atoms with van der Waals surface area (Å²) in [6, 6.07) is 1.43. The summed E-state index contributed by atoms with van der Waals surface area (Å²) in [4.78, 5) is 16.8. The summed E-state index contributed by atoms with van der Waals surface area (Å²) in [6.45, 7) is 3.12. The van der Waals surface area contributed by atoms with Crippen LogP contribution in [0.3, 0.4) is 0 Å². The molecule has 6 heteroatoms. The smallest absolute Gasteiger partial charge is 0.337 e. The van der Waals surface area contributed by atoms with Gasteiger partial charge in [-0.3, -0.25) is 0 Å². The number of hydrogen-bond acceptors (Lipinski definition) is 5. The fraction of sp³-hybridized carbons (Fsp3) is 0.455. The molecule has 1 aromatic heterocycles. The van der Waals surface area contributed by atoms with Crippen LogP contribution in [0.1, 0.15) is 23.7 Å². The Hall–Kier alpha value is -1.82. The fourth-order valence-corrected chi connectivity index (χ4v) is 1.54. The molecule has 0 amide bonds. The molecular weight excluding hydrogens is 222 g/mol. The number of carboxylic acids is 1. The van der Waals surface area contributed by atoms with Crippen molar-refractivity contribution in [2.24, 2.45) is 0 Å². The molecule has 0 aliphatic heterocycles. The van der Waals surface area contributed by atoms with E-state index in [2.05, 4.69) is 4.98 Å². The van der Waals surface area contributed by atoms with Gasteiger partial charge >= 0.3 is 5.97 Å². The molecule has 94 valence electrons. The zero-order valence-corrected chi connectivity index (χ0v) is 9.76. The van der Waals surface area contributed by atoms with Crippen molar-refractivity contribution in [3.63, 3.8) is 0 Å². The van der Waals surface area contributed by atoms with Crippen LogP contribution in [0.5, 0.6) is 0 Å². The number of aliphatic hydroxyl groups is 1. The van der Waals surface area contributed by atoms with Crippen molar-refractivity contribution in [3.05, 3.63) is 17.8 Å². The first kappa shape index (κ1) is 13.2. The molecule has 0 radical (unpaired) electrons. The summed E-state index contributed by atoms with van der Waals surface area (Å²) in [5.74, 6) is -0.556. The van der Waals surface area contributed by atoms with Gasteiger partial charge in [-0.25, -0.2) is 9.78 Å². The number of nitrogens with two attached hydrogens (primary N) is 1. The van der Waals surface area contributed by atoms with Crippen molar-refractivity contribution in [3.8, 4) is 0 Å². The molecule has 1 rings (SSSR count). The Morgan fingerprint density at radius 2 is 2.24 bits per heavy atom. The average molecular weight is 239 g/mol. The number of aliphatic hydroxyl groups excluding tert-OH is 1. The van der Waals surface area contributed by atoms with E-state index in [-0.39, 0.29) is 17.9 Å². The highest BCUT2D eigenvalue weighted by Crippen LogP contribution is 2.18. The van der Waals surface area contributed by atoms with Gasteiger partial charge in [0.1, 0.15) is 5.82 Å². The van der Waals surface area contributed by atoms with Crippen LogP contribution in [-0.4, -0.2) is 40.9 Å². The van der Waals surface area contributed by atoms with Crippen molar-refractivity contribution in [1.82, 2.24) is 4.98 Å². The lowest BCUT2D eigenvalue weighted by molar-refractivity contribution is 0.0698. The van der Waals surface area contributed by atoms with Crippen LogP contribution in [0, 0.1) is 0 Å². The largest absolute Gasteiger partial charge is 0.478 e. The van der Waals surface area contributed by atoms with Crippen molar-refractivity contribution in [1.29, 1.82) is 0 Å². The first-order chi connectivity index (χ1) is 8.10. The molecule has 0 aliphatic carbocycles. The van der Waals surface area contributed by atoms with E-state index in [1.807, 2.05) is 11.8 Å². The van der Waals surface area contributed by atoms with Crippen LogP contribution in [0.2, 0.25) is 0 Å². The minimum atomic E-state index is -1.08. The molecule has 1 heterocycles. The van der Waals surface area contributed by atoms with Gasteiger partial charge < -0.3 is 20.8 Å². The molecule has 17 heavy (non-hydrogen) atoms. The van der Waals surface area contributed by atoms with Crippen molar-refractivity contribution >= 4 is 17.5 Å². The molecule has 0 spiro atoms. The van der Waals surface area contributed by atoms with E-state index in [4.69, 9.17) is 15.9 Å². The molecule has 0 aliphatic rings. The van der Waals surface area contributed by atoms with E-state index >= 15 is 0 Å². The number of nitrogens with zero attached hydrogens (tertiary/aromatic N) is 2. The lowest BCUT2D eigenvalue weighted by Gasteiger charge is -2.22. The third-order valence-electron chi connectivity index (χ3n) is 2.34. The average Bonchev–Trinajstić information content (AvgIpc) is 2.29. The van der Waals surface area contributed by atoms with Gasteiger partial charge in [0.2, 0.25) is 0 Å². The summed E-state index contributed by atoms with van der Waals surface area (Å²) in [6.07, 6.45) is 2.22. The number of carboxylic acid groups (broad SMARTS) is 1. The zero-order valence-electron chi connectivity index (χ0n) is 9.76. The molecule has 0 saturated carbocycles. The SMILES string of the molecule is CCCN(CCO)c1cc(C(=O)O)c(N)cn1. The van der Waals surface area contributed by atoms with Gasteiger partial charge in [0.05, 0.1) is 24.1 Å². The Balaban J connectivity index is 3.03.